The molecule has 4 heteroatoms. The normalized spacial score (nSPS) is 19.8. The summed E-state index contributed by atoms with van der Waals surface area (Å²) in [5, 5.41) is 6.99. The zero-order valence-electron chi connectivity index (χ0n) is 10.5. The number of nitrogens with zero attached hydrogens (tertiary/aromatic N) is 1. The Morgan fingerprint density at radius 2 is 2.22 bits per heavy atom. The molecule has 0 fully saturated rings. The van der Waals surface area contributed by atoms with Crippen LogP contribution < -0.4 is 5.32 Å². The van der Waals surface area contributed by atoms with E-state index in [2.05, 4.69) is 46.9 Å². The van der Waals surface area contributed by atoms with Gasteiger partial charge in [-0.3, -0.25) is 0 Å². The summed E-state index contributed by atoms with van der Waals surface area (Å²) in [6.45, 7) is 4.25. The number of thioether (sulfide) groups is 1. The van der Waals surface area contributed by atoms with Crippen molar-refractivity contribution in [2.24, 2.45) is 0 Å². The zero-order chi connectivity index (χ0) is 12.5. The van der Waals surface area contributed by atoms with E-state index in [1.54, 1.807) is 11.3 Å². The van der Waals surface area contributed by atoms with Crippen molar-refractivity contribution in [3.05, 3.63) is 45.9 Å². The first-order valence-corrected chi connectivity index (χ1v) is 8.00. The molecule has 3 rings (SSSR count). The molecule has 2 unspecified atom stereocenters. The van der Waals surface area contributed by atoms with Crippen molar-refractivity contribution in [3.8, 4) is 0 Å². The summed E-state index contributed by atoms with van der Waals surface area (Å²) in [5.41, 5.74) is 2.55. The van der Waals surface area contributed by atoms with Crippen molar-refractivity contribution in [2.75, 3.05) is 5.75 Å². The predicted molar refractivity (Wildman–Crippen MR) is 78.3 cm³/mol. The maximum Gasteiger partial charge on any atom is 0.110 e. The highest BCUT2D eigenvalue weighted by Crippen LogP contribution is 2.38. The number of hydrogen-bond donors (Lipinski definition) is 1. The minimum absolute atomic E-state index is 0.320. The molecule has 18 heavy (non-hydrogen) atoms. The van der Waals surface area contributed by atoms with Crippen molar-refractivity contribution < 1.29 is 0 Å². The van der Waals surface area contributed by atoms with Crippen LogP contribution in [0.2, 0.25) is 0 Å². The van der Waals surface area contributed by atoms with Crippen LogP contribution in [0.4, 0.5) is 0 Å². The summed E-state index contributed by atoms with van der Waals surface area (Å²) in [7, 11) is 0. The van der Waals surface area contributed by atoms with Crippen LogP contribution in [0.15, 0.2) is 34.5 Å². The second-order valence-electron chi connectivity index (χ2n) is 4.62. The molecule has 1 aliphatic rings. The molecule has 0 saturated heterocycles. The number of benzene rings is 1. The minimum Gasteiger partial charge on any atom is -0.300 e. The first-order chi connectivity index (χ1) is 8.74. The fourth-order valence-electron chi connectivity index (χ4n) is 2.24. The van der Waals surface area contributed by atoms with Gasteiger partial charge in [0, 0.05) is 27.8 Å². The smallest absolute Gasteiger partial charge is 0.110 e. The van der Waals surface area contributed by atoms with Gasteiger partial charge in [0.2, 0.25) is 0 Å². The Hall–Kier alpha value is -0.840. The molecule has 1 aliphatic heterocycles. The van der Waals surface area contributed by atoms with E-state index in [9.17, 15) is 0 Å². The number of rotatable bonds is 3. The zero-order valence-corrected chi connectivity index (χ0v) is 12.1. The number of fused-ring (bicyclic) bond motifs is 1. The summed E-state index contributed by atoms with van der Waals surface area (Å²) < 4.78 is 0. The van der Waals surface area contributed by atoms with E-state index in [0.717, 1.165) is 11.4 Å². The highest BCUT2D eigenvalue weighted by molar-refractivity contribution is 7.99. The van der Waals surface area contributed by atoms with Gasteiger partial charge in [-0.25, -0.2) is 4.98 Å². The fourth-order valence-corrected chi connectivity index (χ4v) is 4.23. The third-order valence-corrected chi connectivity index (χ3v) is 5.49. The van der Waals surface area contributed by atoms with Crippen LogP contribution >= 0.6 is 23.1 Å². The van der Waals surface area contributed by atoms with Crippen LogP contribution in [0, 0.1) is 6.92 Å². The number of hydrogen-bond acceptors (Lipinski definition) is 4. The molecule has 2 atom stereocenters. The van der Waals surface area contributed by atoms with Crippen LogP contribution in [0.1, 0.15) is 35.3 Å². The lowest BCUT2D eigenvalue weighted by Gasteiger charge is -2.18. The summed E-state index contributed by atoms with van der Waals surface area (Å²) >= 11 is 3.68. The van der Waals surface area contributed by atoms with E-state index in [0.29, 0.717) is 12.1 Å². The van der Waals surface area contributed by atoms with Gasteiger partial charge in [0.05, 0.1) is 6.04 Å². The van der Waals surface area contributed by atoms with Gasteiger partial charge in [0.25, 0.3) is 0 Å². The molecule has 0 spiro atoms. The standard InChI is InChI=1S/C14H16N2S2/c1-9-7-18-14(15-9)10(2)16-12-8-17-13-6-4-3-5-11(12)13/h3-7,10,12,16H,8H2,1-2H3. The van der Waals surface area contributed by atoms with Crippen molar-refractivity contribution in [2.45, 2.75) is 30.8 Å². The second-order valence-corrected chi connectivity index (χ2v) is 6.57. The van der Waals surface area contributed by atoms with Crippen LogP contribution in [-0.2, 0) is 0 Å². The number of nitrogens with one attached hydrogen (secondary N) is 1. The van der Waals surface area contributed by atoms with Gasteiger partial charge in [-0.1, -0.05) is 18.2 Å². The van der Waals surface area contributed by atoms with E-state index >= 15 is 0 Å². The summed E-state index contributed by atoms with van der Waals surface area (Å²) in [4.78, 5) is 5.97. The molecule has 1 N–H and O–H groups in total. The van der Waals surface area contributed by atoms with Crippen molar-refractivity contribution in [3.63, 3.8) is 0 Å². The van der Waals surface area contributed by atoms with E-state index in [1.807, 2.05) is 18.7 Å². The Balaban J connectivity index is 1.75. The lowest BCUT2D eigenvalue weighted by Crippen LogP contribution is -2.24. The summed E-state index contributed by atoms with van der Waals surface area (Å²) in [6.07, 6.45) is 0. The molecule has 0 amide bonds. The quantitative estimate of drug-likeness (QED) is 0.919. The monoisotopic (exact) mass is 276 g/mol. The van der Waals surface area contributed by atoms with Gasteiger partial charge >= 0.3 is 0 Å². The lowest BCUT2D eigenvalue weighted by molar-refractivity contribution is 0.499. The van der Waals surface area contributed by atoms with Crippen LogP contribution in [0.25, 0.3) is 0 Å². The van der Waals surface area contributed by atoms with Gasteiger partial charge < -0.3 is 5.32 Å². The van der Waals surface area contributed by atoms with Gasteiger partial charge in [-0.05, 0) is 25.5 Å². The molecular formula is C14H16N2S2. The molecule has 1 aromatic heterocycles. The third-order valence-electron chi connectivity index (χ3n) is 3.16. The van der Waals surface area contributed by atoms with Crippen LogP contribution in [0.5, 0.6) is 0 Å². The van der Waals surface area contributed by atoms with Gasteiger partial charge in [-0.2, -0.15) is 0 Å². The third kappa shape index (κ3) is 2.32. The van der Waals surface area contributed by atoms with Gasteiger partial charge in [0.15, 0.2) is 0 Å². The highest BCUT2D eigenvalue weighted by Gasteiger charge is 2.24. The molecule has 0 radical (unpaired) electrons. The SMILES string of the molecule is Cc1csc(C(C)NC2CSc3ccccc32)n1. The molecular weight excluding hydrogens is 260 g/mol. The van der Waals surface area contributed by atoms with Gasteiger partial charge in [-0.15, -0.1) is 23.1 Å². The fraction of sp³-hybridized carbons (Fsp3) is 0.357. The Kier molecular flexibility index (Phi) is 3.41. The molecule has 94 valence electrons. The molecule has 2 heterocycles. The summed E-state index contributed by atoms with van der Waals surface area (Å²) in [6, 6.07) is 9.44. The highest BCUT2D eigenvalue weighted by atomic mass is 32.2. The first kappa shape index (κ1) is 12.2. The van der Waals surface area contributed by atoms with Crippen LogP contribution in [-0.4, -0.2) is 10.7 Å². The average Bonchev–Trinajstić information content (AvgIpc) is 2.97. The van der Waals surface area contributed by atoms with Crippen molar-refractivity contribution >= 4 is 23.1 Å². The summed E-state index contributed by atoms with van der Waals surface area (Å²) in [5.74, 6) is 1.12. The number of thiazole rings is 1. The Bertz CT molecular complexity index is 550. The van der Waals surface area contributed by atoms with Crippen LogP contribution in [0.3, 0.4) is 0 Å². The van der Waals surface area contributed by atoms with E-state index in [-0.39, 0.29) is 0 Å². The second kappa shape index (κ2) is 5.03. The number of aryl methyl sites for hydroxylation is 1. The first-order valence-electron chi connectivity index (χ1n) is 6.14. The predicted octanol–water partition coefficient (Wildman–Crippen LogP) is 3.95. The van der Waals surface area contributed by atoms with Crippen molar-refractivity contribution in [1.82, 2.24) is 10.3 Å². The van der Waals surface area contributed by atoms with E-state index in [4.69, 9.17) is 0 Å². The largest absolute Gasteiger partial charge is 0.300 e. The average molecular weight is 276 g/mol. The Morgan fingerprint density at radius 3 is 3.00 bits per heavy atom. The number of aromatic nitrogens is 1. The molecule has 0 aliphatic carbocycles. The minimum atomic E-state index is 0.320. The maximum absolute atomic E-state index is 4.56. The molecule has 0 saturated carbocycles. The Morgan fingerprint density at radius 1 is 1.39 bits per heavy atom. The van der Waals surface area contributed by atoms with Gasteiger partial charge in [0.1, 0.15) is 5.01 Å². The molecule has 1 aromatic carbocycles. The molecule has 0 bridgehead atoms. The molecule has 2 nitrogen and oxygen atoms in total. The Labute approximate surface area is 116 Å². The topological polar surface area (TPSA) is 24.9 Å². The van der Waals surface area contributed by atoms with E-state index < -0.39 is 0 Å². The maximum atomic E-state index is 4.56. The van der Waals surface area contributed by atoms with Crippen molar-refractivity contribution in [1.29, 1.82) is 0 Å². The molecule has 2 aromatic rings. The van der Waals surface area contributed by atoms with E-state index in [1.165, 1.54) is 15.5 Å². The lowest BCUT2D eigenvalue weighted by atomic mass is 10.1.